The van der Waals surface area contributed by atoms with E-state index in [1.807, 2.05) is 4.90 Å². The van der Waals surface area contributed by atoms with Gasteiger partial charge in [0.1, 0.15) is 0 Å². The molecule has 0 atom stereocenters. The molecule has 3 nitrogen and oxygen atoms in total. The Morgan fingerprint density at radius 2 is 2.20 bits per heavy atom. The van der Waals surface area contributed by atoms with Crippen LogP contribution in [0.25, 0.3) is 0 Å². The number of hydrogen-bond acceptors (Lipinski definition) is 3. The van der Waals surface area contributed by atoms with Gasteiger partial charge in [-0.1, -0.05) is 23.2 Å². The molecule has 1 rings (SSSR count). The number of ether oxygens (including phenoxy) is 1. The molecule has 1 aliphatic rings. The molecule has 5 heteroatoms. The molecule has 1 saturated carbocycles. The van der Waals surface area contributed by atoms with Crippen LogP contribution in [0.15, 0.2) is 10.6 Å². The number of nitrogens with zero attached hydrogens (tertiary/aromatic N) is 1. The average Bonchev–Trinajstić information content (AvgIpc) is 3.00. The van der Waals surface area contributed by atoms with Gasteiger partial charge in [-0.05, 0) is 19.8 Å². The molecule has 0 radical (unpaired) electrons. The van der Waals surface area contributed by atoms with E-state index >= 15 is 0 Å². The predicted molar refractivity (Wildman–Crippen MR) is 61.0 cm³/mol. The Labute approximate surface area is 100.0 Å². The Morgan fingerprint density at radius 1 is 1.53 bits per heavy atom. The van der Waals surface area contributed by atoms with Gasteiger partial charge in [-0.15, -0.1) is 0 Å². The van der Waals surface area contributed by atoms with E-state index in [2.05, 4.69) is 0 Å². The van der Waals surface area contributed by atoms with E-state index in [4.69, 9.17) is 27.9 Å². The van der Waals surface area contributed by atoms with Crippen molar-refractivity contribution in [2.75, 3.05) is 19.7 Å². The molecule has 0 amide bonds. The van der Waals surface area contributed by atoms with Crippen LogP contribution in [0.3, 0.4) is 0 Å². The van der Waals surface area contributed by atoms with Gasteiger partial charge in [0.15, 0.2) is 0 Å². The fourth-order valence-electron chi connectivity index (χ4n) is 1.35. The maximum Gasteiger partial charge on any atom is 0.320 e. The van der Waals surface area contributed by atoms with E-state index in [0.29, 0.717) is 30.8 Å². The number of rotatable bonds is 6. The van der Waals surface area contributed by atoms with Crippen molar-refractivity contribution in [1.29, 1.82) is 0 Å². The van der Waals surface area contributed by atoms with Crippen molar-refractivity contribution in [2.24, 2.45) is 0 Å². The van der Waals surface area contributed by atoms with Crippen molar-refractivity contribution >= 4 is 29.2 Å². The first-order valence-corrected chi connectivity index (χ1v) is 5.83. The minimum absolute atomic E-state index is 0.205. The molecule has 1 aliphatic carbocycles. The highest BCUT2D eigenvalue weighted by Crippen LogP contribution is 2.27. The number of carbonyl (C=O) groups is 1. The maximum absolute atomic E-state index is 11.3. The van der Waals surface area contributed by atoms with Crippen molar-refractivity contribution in [1.82, 2.24) is 4.90 Å². The molecule has 0 unspecified atom stereocenters. The van der Waals surface area contributed by atoms with Crippen molar-refractivity contribution in [3.8, 4) is 0 Å². The first kappa shape index (κ1) is 12.8. The Kier molecular flexibility index (Phi) is 5.43. The summed E-state index contributed by atoms with van der Waals surface area (Å²) in [7, 11) is 0. The van der Waals surface area contributed by atoms with Crippen molar-refractivity contribution in [2.45, 2.75) is 25.8 Å². The monoisotopic (exact) mass is 251 g/mol. The Bertz CT molecular complexity index is 252. The van der Waals surface area contributed by atoms with Gasteiger partial charge in [0.05, 0.1) is 13.2 Å². The molecule has 1 fully saturated rings. The standard InChI is InChI=1S/C10H15Cl2NO2/c1-2-15-10(14)7-13(9-3-4-9)6-8(12)5-11/h5,9H,2-4,6-7H2,1H3. The highest BCUT2D eigenvalue weighted by atomic mass is 35.5. The van der Waals surface area contributed by atoms with Crippen molar-refractivity contribution < 1.29 is 9.53 Å². The summed E-state index contributed by atoms with van der Waals surface area (Å²) in [5.74, 6) is -0.205. The molecule has 15 heavy (non-hydrogen) atoms. The summed E-state index contributed by atoms with van der Waals surface area (Å²) >= 11 is 11.3. The Morgan fingerprint density at radius 3 is 2.67 bits per heavy atom. The third kappa shape index (κ3) is 4.87. The smallest absolute Gasteiger partial charge is 0.320 e. The number of halogens is 2. The van der Waals surface area contributed by atoms with Crippen LogP contribution in [0.1, 0.15) is 19.8 Å². The predicted octanol–water partition coefficient (Wildman–Crippen LogP) is 2.33. The van der Waals surface area contributed by atoms with Gasteiger partial charge in [0.2, 0.25) is 0 Å². The van der Waals surface area contributed by atoms with Gasteiger partial charge in [-0.3, -0.25) is 9.69 Å². The molecule has 0 saturated heterocycles. The lowest BCUT2D eigenvalue weighted by Crippen LogP contribution is -2.33. The summed E-state index contributed by atoms with van der Waals surface area (Å²) in [5.41, 5.74) is 1.34. The molecule has 86 valence electrons. The Balaban J connectivity index is 2.40. The second-order valence-corrected chi connectivity index (χ2v) is 4.20. The molecule has 0 aromatic rings. The topological polar surface area (TPSA) is 29.5 Å². The normalized spacial score (nSPS) is 16.9. The highest BCUT2D eigenvalue weighted by Gasteiger charge is 2.30. The Hall–Kier alpha value is -0.250. The SMILES string of the molecule is CCOC(=O)CN(CC(Cl)=CCl)C1CC1. The van der Waals surface area contributed by atoms with Gasteiger partial charge in [-0.25, -0.2) is 0 Å². The second-order valence-electron chi connectivity index (χ2n) is 3.50. The molecule has 0 N–H and O–H groups in total. The van der Waals surface area contributed by atoms with E-state index in [1.165, 1.54) is 5.54 Å². The zero-order valence-electron chi connectivity index (χ0n) is 8.71. The van der Waals surface area contributed by atoms with Crippen LogP contribution in [0.4, 0.5) is 0 Å². The van der Waals surface area contributed by atoms with Gasteiger partial charge in [-0.2, -0.15) is 0 Å². The van der Waals surface area contributed by atoms with Gasteiger partial charge in [0, 0.05) is 23.2 Å². The quantitative estimate of drug-likeness (QED) is 0.679. The summed E-state index contributed by atoms with van der Waals surface area (Å²) in [6, 6.07) is 0.458. The van der Waals surface area contributed by atoms with Crippen LogP contribution >= 0.6 is 23.2 Å². The minimum atomic E-state index is -0.205. The lowest BCUT2D eigenvalue weighted by Gasteiger charge is -2.19. The third-order valence-corrected chi connectivity index (χ3v) is 2.78. The van der Waals surface area contributed by atoms with Crippen molar-refractivity contribution in [3.63, 3.8) is 0 Å². The van der Waals surface area contributed by atoms with Crippen LogP contribution in [0, 0.1) is 0 Å². The lowest BCUT2D eigenvalue weighted by molar-refractivity contribution is -0.144. The number of carbonyl (C=O) groups excluding carboxylic acids is 1. The molecule has 0 aromatic carbocycles. The molecule has 0 heterocycles. The summed E-state index contributed by atoms with van der Waals surface area (Å²) < 4.78 is 4.89. The fourth-order valence-corrected chi connectivity index (χ4v) is 1.58. The van der Waals surface area contributed by atoms with Crippen LogP contribution in [0.2, 0.25) is 0 Å². The zero-order valence-corrected chi connectivity index (χ0v) is 10.2. The van der Waals surface area contributed by atoms with Gasteiger partial charge >= 0.3 is 5.97 Å². The highest BCUT2D eigenvalue weighted by molar-refractivity contribution is 6.36. The fraction of sp³-hybridized carbons (Fsp3) is 0.700. The molecule has 0 spiro atoms. The minimum Gasteiger partial charge on any atom is -0.465 e. The van der Waals surface area contributed by atoms with Crippen LogP contribution < -0.4 is 0 Å². The molecule has 0 aliphatic heterocycles. The van der Waals surface area contributed by atoms with E-state index in [-0.39, 0.29) is 5.97 Å². The van der Waals surface area contributed by atoms with E-state index < -0.39 is 0 Å². The molecule has 0 aromatic heterocycles. The zero-order chi connectivity index (χ0) is 11.3. The largest absolute Gasteiger partial charge is 0.465 e. The van der Waals surface area contributed by atoms with Crippen molar-refractivity contribution in [3.05, 3.63) is 10.6 Å². The third-order valence-electron chi connectivity index (χ3n) is 2.17. The summed E-state index contributed by atoms with van der Waals surface area (Å²) in [6.45, 7) is 3.02. The summed E-state index contributed by atoms with van der Waals surface area (Å²) in [5, 5.41) is 0.549. The van der Waals surface area contributed by atoms with E-state index in [1.54, 1.807) is 6.92 Å². The van der Waals surface area contributed by atoms with Crippen LogP contribution in [-0.2, 0) is 9.53 Å². The number of esters is 1. The maximum atomic E-state index is 11.3. The lowest BCUT2D eigenvalue weighted by atomic mass is 10.4. The number of hydrogen-bond donors (Lipinski definition) is 0. The summed E-state index contributed by atoms with van der Waals surface area (Å²) in [4.78, 5) is 13.3. The van der Waals surface area contributed by atoms with E-state index in [9.17, 15) is 4.79 Å². The second kappa shape index (κ2) is 6.36. The first-order valence-electron chi connectivity index (χ1n) is 5.01. The average molecular weight is 252 g/mol. The van der Waals surface area contributed by atoms with Crippen LogP contribution in [0.5, 0.6) is 0 Å². The molecular weight excluding hydrogens is 237 g/mol. The van der Waals surface area contributed by atoms with E-state index in [0.717, 1.165) is 12.8 Å². The summed E-state index contributed by atoms with van der Waals surface area (Å²) in [6.07, 6.45) is 2.23. The van der Waals surface area contributed by atoms with Gasteiger partial charge in [0.25, 0.3) is 0 Å². The molecule has 0 bridgehead atoms. The first-order chi connectivity index (χ1) is 7.17. The van der Waals surface area contributed by atoms with Gasteiger partial charge < -0.3 is 4.74 Å². The molecular formula is C10H15Cl2NO2. The van der Waals surface area contributed by atoms with Crippen LogP contribution in [-0.4, -0.2) is 36.6 Å².